The van der Waals surface area contributed by atoms with E-state index in [0.717, 1.165) is 23.9 Å². The number of aromatic nitrogens is 2. The lowest BCUT2D eigenvalue weighted by molar-refractivity contribution is 0.287. The van der Waals surface area contributed by atoms with Gasteiger partial charge in [-0.05, 0) is 35.7 Å². The summed E-state index contributed by atoms with van der Waals surface area (Å²) >= 11 is 3.42. The molecule has 1 aromatic heterocycles. The Kier molecular flexibility index (Phi) is 3.75. The highest BCUT2D eigenvalue weighted by Gasteiger charge is 2.05. The molecule has 0 aliphatic heterocycles. The Morgan fingerprint density at radius 2 is 2.42 bits per heavy atom. The highest BCUT2D eigenvalue weighted by molar-refractivity contribution is 9.10. The Labute approximate surface area is 80.5 Å². The number of aliphatic hydroxyl groups is 1. The van der Waals surface area contributed by atoms with E-state index in [1.165, 1.54) is 5.69 Å². The van der Waals surface area contributed by atoms with Gasteiger partial charge in [0.15, 0.2) is 0 Å². The maximum absolute atomic E-state index is 8.67. The zero-order valence-corrected chi connectivity index (χ0v) is 8.71. The smallest absolute Gasteiger partial charge is 0.0635 e. The molecule has 68 valence electrons. The Morgan fingerprint density at radius 1 is 1.67 bits per heavy atom. The zero-order valence-electron chi connectivity index (χ0n) is 7.13. The van der Waals surface area contributed by atoms with E-state index < -0.39 is 0 Å². The number of nitrogens with zero attached hydrogens (tertiary/aromatic N) is 2. The van der Waals surface area contributed by atoms with Crippen LogP contribution in [-0.2, 0) is 13.0 Å². The predicted molar refractivity (Wildman–Crippen MR) is 51.0 cm³/mol. The van der Waals surface area contributed by atoms with Gasteiger partial charge in [0.05, 0.1) is 16.4 Å². The van der Waals surface area contributed by atoms with Crippen molar-refractivity contribution in [1.29, 1.82) is 0 Å². The third-order valence-electron chi connectivity index (χ3n) is 1.77. The van der Waals surface area contributed by atoms with Crippen LogP contribution in [-0.4, -0.2) is 21.5 Å². The quantitative estimate of drug-likeness (QED) is 0.857. The van der Waals surface area contributed by atoms with E-state index in [1.807, 2.05) is 4.68 Å². The van der Waals surface area contributed by atoms with Crippen molar-refractivity contribution in [3.63, 3.8) is 0 Å². The fraction of sp³-hybridized carbons (Fsp3) is 0.625. The van der Waals surface area contributed by atoms with Crippen molar-refractivity contribution >= 4 is 15.9 Å². The molecule has 4 heteroatoms. The van der Waals surface area contributed by atoms with Crippen molar-refractivity contribution < 1.29 is 5.11 Å². The molecular formula is C8H13BrN2O. The van der Waals surface area contributed by atoms with Gasteiger partial charge in [-0.2, -0.15) is 5.10 Å². The monoisotopic (exact) mass is 232 g/mol. The fourth-order valence-corrected chi connectivity index (χ4v) is 1.65. The zero-order chi connectivity index (χ0) is 8.97. The van der Waals surface area contributed by atoms with Gasteiger partial charge in [0.2, 0.25) is 0 Å². The minimum atomic E-state index is 0.237. The van der Waals surface area contributed by atoms with Crippen molar-refractivity contribution in [3.05, 3.63) is 16.4 Å². The van der Waals surface area contributed by atoms with Crippen LogP contribution in [0.4, 0.5) is 0 Å². The SMILES string of the molecule is CCn1ncc(Br)c1CCCO. The van der Waals surface area contributed by atoms with E-state index >= 15 is 0 Å². The first-order valence-corrected chi connectivity index (χ1v) is 4.90. The second kappa shape index (κ2) is 4.62. The molecule has 0 saturated heterocycles. The Balaban J connectivity index is 2.72. The van der Waals surface area contributed by atoms with Gasteiger partial charge in [0.1, 0.15) is 0 Å². The number of rotatable bonds is 4. The predicted octanol–water partition coefficient (Wildman–Crippen LogP) is 1.59. The lowest BCUT2D eigenvalue weighted by atomic mass is 10.2. The number of halogens is 1. The molecule has 0 bridgehead atoms. The lowest BCUT2D eigenvalue weighted by Gasteiger charge is -2.03. The second-order valence-electron chi connectivity index (χ2n) is 2.58. The van der Waals surface area contributed by atoms with E-state index in [-0.39, 0.29) is 6.61 Å². The van der Waals surface area contributed by atoms with Crippen LogP contribution >= 0.6 is 15.9 Å². The maximum atomic E-state index is 8.67. The molecule has 1 aromatic rings. The summed E-state index contributed by atoms with van der Waals surface area (Å²) in [6, 6.07) is 0. The van der Waals surface area contributed by atoms with Gasteiger partial charge in [-0.25, -0.2) is 0 Å². The van der Waals surface area contributed by atoms with Gasteiger partial charge >= 0.3 is 0 Å². The van der Waals surface area contributed by atoms with Crippen LogP contribution in [0.5, 0.6) is 0 Å². The number of hydrogen-bond donors (Lipinski definition) is 1. The summed E-state index contributed by atoms with van der Waals surface area (Å²) in [6.07, 6.45) is 3.48. The largest absolute Gasteiger partial charge is 0.396 e. The molecule has 0 aliphatic carbocycles. The van der Waals surface area contributed by atoms with Gasteiger partial charge in [0, 0.05) is 13.2 Å². The molecule has 0 spiro atoms. The summed E-state index contributed by atoms with van der Waals surface area (Å²) in [5.41, 5.74) is 1.17. The molecule has 0 amide bonds. The summed E-state index contributed by atoms with van der Waals surface area (Å²) in [7, 11) is 0. The standard InChI is InChI=1S/C8H13BrN2O/c1-2-11-8(4-3-5-12)7(9)6-10-11/h6,12H,2-5H2,1H3. The molecule has 0 saturated carbocycles. The Hall–Kier alpha value is -0.350. The molecule has 0 fully saturated rings. The number of aliphatic hydroxyl groups excluding tert-OH is 1. The van der Waals surface area contributed by atoms with Crippen LogP contribution in [0.2, 0.25) is 0 Å². The Morgan fingerprint density at radius 3 is 3.00 bits per heavy atom. The van der Waals surface area contributed by atoms with E-state index in [4.69, 9.17) is 5.11 Å². The average Bonchev–Trinajstić information content (AvgIpc) is 2.43. The van der Waals surface area contributed by atoms with Crippen molar-refractivity contribution in [2.24, 2.45) is 0 Å². The molecular weight excluding hydrogens is 220 g/mol. The molecule has 0 aliphatic rings. The normalized spacial score (nSPS) is 10.6. The topological polar surface area (TPSA) is 38.0 Å². The molecule has 1 N–H and O–H groups in total. The van der Waals surface area contributed by atoms with Crippen LogP contribution in [0.25, 0.3) is 0 Å². The average molecular weight is 233 g/mol. The highest BCUT2D eigenvalue weighted by Crippen LogP contribution is 2.17. The van der Waals surface area contributed by atoms with Crippen LogP contribution in [0.3, 0.4) is 0 Å². The van der Waals surface area contributed by atoms with Gasteiger partial charge in [0.25, 0.3) is 0 Å². The molecule has 0 aromatic carbocycles. The van der Waals surface area contributed by atoms with Crippen LogP contribution in [0, 0.1) is 0 Å². The molecule has 0 unspecified atom stereocenters. The third-order valence-corrected chi connectivity index (χ3v) is 2.43. The first-order valence-electron chi connectivity index (χ1n) is 4.10. The molecule has 3 nitrogen and oxygen atoms in total. The Bertz CT molecular complexity index is 247. The van der Waals surface area contributed by atoms with Gasteiger partial charge in [-0.1, -0.05) is 0 Å². The van der Waals surface area contributed by atoms with Crippen molar-refractivity contribution in [2.75, 3.05) is 6.61 Å². The van der Waals surface area contributed by atoms with Gasteiger partial charge < -0.3 is 5.11 Å². The van der Waals surface area contributed by atoms with Crippen LogP contribution < -0.4 is 0 Å². The summed E-state index contributed by atoms with van der Waals surface area (Å²) < 4.78 is 2.98. The fourth-order valence-electron chi connectivity index (χ4n) is 1.16. The van der Waals surface area contributed by atoms with E-state index in [9.17, 15) is 0 Å². The lowest BCUT2D eigenvalue weighted by Crippen LogP contribution is -2.03. The molecule has 1 rings (SSSR count). The third kappa shape index (κ3) is 2.08. The molecule has 1 heterocycles. The highest BCUT2D eigenvalue weighted by atomic mass is 79.9. The van der Waals surface area contributed by atoms with Crippen molar-refractivity contribution in [3.8, 4) is 0 Å². The van der Waals surface area contributed by atoms with Crippen molar-refractivity contribution in [2.45, 2.75) is 26.3 Å². The summed E-state index contributed by atoms with van der Waals surface area (Å²) in [4.78, 5) is 0. The summed E-state index contributed by atoms with van der Waals surface area (Å²) in [5.74, 6) is 0. The minimum Gasteiger partial charge on any atom is -0.396 e. The summed E-state index contributed by atoms with van der Waals surface area (Å²) in [6.45, 7) is 3.18. The first kappa shape index (κ1) is 9.74. The first-order chi connectivity index (χ1) is 5.79. The van der Waals surface area contributed by atoms with Gasteiger partial charge in [-0.3, -0.25) is 4.68 Å². The minimum absolute atomic E-state index is 0.237. The van der Waals surface area contributed by atoms with E-state index in [2.05, 4.69) is 28.0 Å². The van der Waals surface area contributed by atoms with Crippen LogP contribution in [0.1, 0.15) is 19.0 Å². The van der Waals surface area contributed by atoms with Crippen LogP contribution in [0.15, 0.2) is 10.7 Å². The van der Waals surface area contributed by atoms with E-state index in [0.29, 0.717) is 0 Å². The number of hydrogen-bond acceptors (Lipinski definition) is 2. The second-order valence-corrected chi connectivity index (χ2v) is 3.44. The molecule has 0 radical (unpaired) electrons. The van der Waals surface area contributed by atoms with Gasteiger partial charge in [-0.15, -0.1) is 0 Å². The summed E-state index contributed by atoms with van der Waals surface area (Å²) in [5, 5.41) is 12.8. The number of aryl methyl sites for hydroxylation is 1. The molecule has 12 heavy (non-hydrogen) atoms. The van der Waals surface area contributed by atoms with E-state index in [1.54, 1.807) is 6.20 Å². The van der Waals surface area contributed by atoms with Crippen molar-refractivity contribution in [1.82, 2.24) is 9.78 Å². The maximum Gasteiger partial charge on any atom is 0.0635 e. The molecule has 0 atom stereocenters.